The fourth-order valence-corrected chi connectivity index (χ4v) is 2.52. The van der Waals surface area contributed by atoms with Crippen molar-refractivity contribution in [2.24, 2.45) is 0 Å². The predicted molar refractivity (Wildman–Crippen MR) is 80.9 cm³/mol. The lowest BCUT2D eigenvalue weighted by atomic mass is 10.1. The monoisotopic (exact) mass is 281 g/mol. The third-order valence-corrected chi connectivity index (χ3v) is 3.57. The highest BCUT2D eigenvalue weighted by atomic mass is 16.6. The number of ether oxygens (including phenoxy) is 2. The third-order valence-electron chi connectivity index (χ3n) is 3.57. The number of rotatable bonds is 3. The summed E-state index contributed by atoms with van der Waals surface area (Å²) in [5.41, 5.74) is 3.25. The maximum Gasteiger partial charge on any atom is 0.161 e. The fraction of sp³-hybridized carbons (Fsp3) is 0.188. The van der Waals surface area contributed by atoms with E-state index in [1.54, 1.807) is 0 Å². The van der Waals surface area contributed by atoms with Crippen molar-refractivity contribution in [2.75, 3.05) is 18.5 Å². The van der Waals surface area contributed by atoms with Crippen LogP contribution in [0.25, 0.3) is 10.9 Å². The summed E-state index contributed by atoms with van der Waals surface area (Å²) >= 11 is 0. The zero-order chi connectivity index (χ0) is 14.1. The van der Waals surface area contributed by atoms with Gasteiger partial charge >= 0.3 is 0 Å². The Morgan fingerprint density at radius 3 is 2.95 bits per heavy atom. The van der Waals surface area contributed by atoms with Gasteiger partial charge in [0, 0.05) is 17.6 Å². The van der Waals surface area contributed by atoms with Gasteiger partial charge in [0.15, 0.2) is 11.5 Å². The van der Waals surface area contributed by atoms with Crippen LogP contribution in [0.1, 0.15) is 5.56 Å². The molecule has 21 heavy (non-hydrogen) atoms. The molecule has 4 rings (SSSR count). The van der Waals surface area contributed by atoms with Gasteiger partial charge in [0.1, 0.15) is 13.2 Å². The number of aromatic nitrogens is 2. The molecule has 5 nitrogen and oxygen atoms in total. The Morgan fingerprint density at radius 1 is 1.10 bits per heavy atom. The minimum atomic E-state index is 0.609. The number of aromatic amines is 1. The Balaban J connectivity index is 1.55. The number of anilines is 1. The molecule has 0 amide bonds. The molecule has 106 valence electrons. The molecule has 0 fully saturated rings. The molecule has 2 heterocycles. The van der Waals surface area contributed by atoms with Gasteiger partial charge < -0.3 is 14.8 Å². The van der Waals surface area contributed by atoms with Crippen LogP contribution in [-0.4, -0.2) is 23.4 Å². The minimum Gasteiger partial charge on any atom is -0.486 e. The first-order valence-corrected chi connectivity index (χ1v) is 6.95. The van der Waals surface area contributed by atoms with Crippen LogP contribution in [0.4, 0.5) is 5.69 Å². The molecule has 0 atom stereocenters. The number of hydrogen-bond acceptors (Lipinski definition) is 4. The highest BCUT2D eigenvalue weighted by Gasteiger charge is 2.11. The van der Waals surface area contributed by atoms with E-state index in [1.807, 2.05) is 30.5 Å². The topological polar surface area (TPSA) is 59.2 Å². The molecule has 1 aliphatic rings. The Kier molecular flexibility index (Phi) is 2.88. The van der Waals surface area contributed by atoms with Crippen molar-refractivity contribution in [3.05, 3.63) is 48.2 Å². The van der Waals surface area contributed by atoms with Crippen LogP contribution in [0.5, 0.6) is 11.5 Å². The van der Waals surface area contributed by atoms with Gasteiger partial charge in [-0.15, -0.1) is 0 Å². The van der Waals surface area contributed by atoms with Crippen molar-refractivity contribution >= 4 is 16.6 Å². The summed E-state index contributed by atoms with van der Waals surface area (Å²) in [4.78, 5) is 0. The molecule has 3 aromatic rings. The molecule has 0 aliphatic carbocycles. The molecule has 2 aromatic carbocycles. The molecule has 0 unspecified atom stereocenters. The average Bonchev–Trinajstić information content (AvgIpc) is 3.02. The molecule has 1 aliphatic heterocycles. The summed E-state index contributed by atoms with van der Waals surface area (Å²) in [6, 6.07) is 12.1. The molecule has 0 spiro atoms. The van der Waals surface area contributed by atoms with Crippen LogP contribution in [0.15, 0.2) is 42.6 Å². The van der Waals surface area contributed by atoms with Gasteiger partial charge in [-0.2, -0.15) is 5.10 Å². The number of nitrogens with zero attached hydrogens (tertiary/aromatic N) is 1. The molecular weight excluding hydrogens is 266 g/mol. The molecule has 0 saturated heterocycles. The lowest BCUT2D eigenvalue weighted by Gasteiger charge is -2.19. The van der Waals surface area contributed by atoms with Crippen molar-refractivity contribution in [3.8, 4) is 11.5 Å². The quantitative estimate of drug-likeness (QED) is 0.775. The highest BCUT2D eigenvalue weighted by molar-refractivity contribution is 5.90. The van der Waals surface area contributed by atoms with Gasteiger partial charge in [-0.3, -0.25) is 5.10 Å². The first-order chi connectivity index (χ1) is 10.4. The lowest BCUT2D eigenvalue weighted by Crippen LogP contribution is -2.15. The van der Waals surface area contributed by atoms with Crippen LogP contribution in [0, 0.1) is 0 Å². The number of benzene rings is 2. The van der Waals surface area contributed by atoms with Crippen LogP contribution < -0.4 is 14.8 Å². The summed E-state index contributed by atoms with van der Waals surface area (Å²) in [5.74, 6) is 1.64. The highest BCUT2D eigenvalue weighted by Crippen LogP contribution is 2.31. The predicted octanol–water partition coefficient (Wildman–Crippen LogP) is 2.95. The Labute approximate surface area is 121 Å². The van der Waals surface area contributed by atoms with E-state index in [-0.39, 0.29) is 0 Å². The van der Waals surface area contributed by atoms with Gasteiger partial charge in [0.2, 0.25) is 0 Å². The van der Waals surface area contributed by atoms with E-state index in [1.165, 1.54) is 0 Å². The Hall–Kier alpha value is -2.69. The van der Waals surface area contributed by atoms with Crippen molar-refractivity contribution in [1.82, 2.24) is 10.2 Å². The van der Waals surface area contributed by atoms with Gasteiger partial charge in [-0.25, -0.2) is 0 Å². The first-order valence-electron chi connectivity index (χ1n) is 6.95. The summed E-state index contributed by atoms with van der Waals surface area (Å²) in [6.07, 6.45) is 1.83. The van der Waals surface area contributed by atoms with Crippen LogP contribution in [-0.2, 0) is 6.54 Å². The number of H-pyrrole nitrogens is 1. The van der Waals surface area contributed by atoms with Crippen molar-refractivity contribution in [3.63, 3.8) is 0 Å². The normalized spacial score (nSPS) is 13.3. The van der Waals surface area contributed by atoms with Gasteiger partial charge in [-0.05, 0) is 29.8 Å². The van der Waals surface area contributed by atoms with Crippen LogP contribution in [0.3, 0.4) is 0 Å². The lowest BCUT2D eigenvalue weighted by molar-refractivity contribution is 0.171. The van der Waals surface area contributed by atoms with E-state index in [2.05, 4.69) is 27.6 Å². The second kappa shape index (κ2) is 5.01. The molecule has 5 heteroatoms. The van der Waals surface area contributed by atoms with E-state index >= 15 is 0 Å². The maximum atomic E-state index is 5.61. The Morgan fingerprint density at radius 2 is 2.00 bits per heavy atom. The summed E-state index contributed by atoms with van der Waals surface area (Å²) in [5, 5.41) is 11.6. The van der Waals surface area contributed by atoms with Crippen LogP contribution in [0.2, 0.25) is 0 Å². The minimum absolute atomic E-state index is 0.609. The van der Waals surface area contributed by atoms with E-state index in [0.29, 0.717) is 13.2 Å². The van der Waals surface area contributed by atoms with Crippen molar-refractivity contribution < 1.29 is 9.47 Å². The molecule has 1 aromatic heterocycles. The average molecular weight is 281 g/mol. The zero-order valence-electron chi connectivity index (χ0n) is 11.4. The van der Waals surface area contributed by atoms with Crippen molar-refractivity contribution in [2.45, 2.75) is 6.54 Å². The second-order valence-electron chi connectivity index (χ2n) is 4.97. The van der Waals surface area contributed by atoms with E-state index in [9.17, 15) is 0 Å². The van der Waals surface area contributed by atoms with Crippen LogP contribution >= 0.6 is 0 Å². The smallest absolute Gasteiger partial charge is 0.161 e. The summed E-state index contributed by atoms with van der Waals surface area (Å²) in [6.45, 7) is 1.95. The molecule has 0 radical (unpaired) electrons. The second-order valence-corrected chi connectivity index (χ2v) is 4.97. The van der Waals surface area contributed by atoms with Gasteiger partial charge in [0.05, 0.1) is 11.7 Å². The van der Waals surface area contributed by atoms with Gasteiger partial charge in [-0.1, -0.05) is 12.1 Å². The Bertz CT molecular complexity index is 782. The van der Waals surface area contributed by atoms with E-state index in [0.717, 1.165) is 40.2 Å². The van der Waals surface area contributed by atoms with Gasteiger partial charge in [0.25, 0.3) is 0 Å². The molecule has 0 bridgehead atoms. The fourth-order valence-electron chi connectivity index (χ4n) is 2.52. The van der Waals surface area contributed by atoms with Crippen molar-refractivity contribution in [1.29, 1.82) is 0 Å². The first kappa shape index (κ1) is 12.1. The summed E-state index contributed by atoms with van der Waals surface area (Å²) < 4.78 is 11.1. The zero-order valence-corrected chi connectivity index (χ0v) is 11.4. The maximum absolute atomic E-state index is 5.61. The number of nitrogens with one attached hydrogen (secondary N) is 2. The summed E-state index contributed by atoms with van der Waals surface area (Å²) in [7, 11) is 0. The van der Waals surface area contributed by atoms with E-state index < -0.39 is 0 Å². The van der Waals surface area contributed by atoms with E-state index in [4.69, 9.17) is 9.47 Å². The molecule has 0 saturated carbocycles. The standard InChI is InChI=1S/C16H15N3O2/c1-2-13(12-10-18-19-14(12)3-1)17-9-11-4-5-15-16(8-11)21-7-6-20-15/h1-5,8,10,17H,6-7,9H2,(H,18,19). The number of fused-ring (bicyclic) bond motifs is 2. The number of hydrogen-bond donors (Lipinski definition) is 2. The molecular formula is C16H15N3O2. The SMILES string of the molecule is c1cc(NCc2ccc3c(c2)OCCO3)c2cn[nH]c2c1. The largest absolute Gasteiger partial charge is 0.486 e. The molecule has 2 N–H and O–H groups in total. The third kappa shape index (κ3) is 2.27.